The van der Waals surface area contributed by atoms with Gasteiger partial charge in [0.25, 0.3) is 0 Å². The molecule has 0 aromatic heterocycles. The van der Waals surface area contributed by atoms with Crippen molar-refractivity contribution in [3.63, 3.8) is 0 Å². The molecule has 2 heteroatoms. The minimum atomic E-state index is 0.521. The third kappa shape index (κ3) is 3.11. The molecule has 1 aliphatic heterocycles. The van der Waals surface area contributed by atoms with Crippen LogP contribution in [0.15, 0.2) is 0 Å². The molecule has 0 radical (unpaired) electrons. The number of nitrogens with one attached hydrogen (secondary N) is 1. The molecule has 0 aliphatic carbocycles. The molecule has 1 rings (SSSR count). The number of ether oxygens (including phenoxy) is 1. The van der Waals surface area contributed by atoms with Gasteiger partial charge in [-0.15, -0.1) is 0 Å². The molecule has 0 aromatic rings. The van der Waals surface area contributed by atoms with Crippen LogP contribution in [0.1, 0.15) is 39.5 Å². The molecule has 1 aliphatic rings. The monoisotopic (exact) mass is 171 g/mol. The van der Waals surface area contributed by atoms with Gasteiger partial charge in [-0.25, -0.2) is 0 Å². The predicted octanol–water partition coefficient (Wildman–Crippen LogP) is 1.94. The highest BCUT2D eigenvalue weighted by molar-refractivity contribution is 4.75. The summed E-state index contributed by atoms with van der Waals surface area (Å²) in [6.45, 7) is 6.43. The van der Waals surface area contributed by atoms with Crippen molar-refractivity contribution in [3.05, 3.63) is 0 Å². The second-order valence-electron chi connectivity index (χ2n) is 3.56. The molecule has 0 amide bonds. The molecule has 12 heavy (non-hydrogen) atoms. The van der Waals surface area contributed by atoms with Crippen LogP contribution in [0.4, 0.5) is 0 Å². The Morgan fingerprint density at radius 1 is 1.42 bits per heavy atom. The van der Waals surface area contributed by atoms with Gasteiger partial charge in [-0.2, -0.15) is 0 Å². The van der Waals surface area contributed by atoms with E-state index in [1.165, 1.54) is 25.7 Å². The molecule has 1 fully saturated rings. The van der Waals surface area contributed by atoms with Crippen LogP contribution >= 0.6 is 0 Å². The maximum absolute atomic E-state index is 5.65. The van der Waals surface area contributed by atoms with Crippen LogP contribution in [-0.4, -0.2) is 25.3 Å². The van der Waals surface area contributed by atoms with Crippen LogP contribution in [0.25, 0.3) is 0 Å². The fourth-order valence-electron chi connectivity index (χ4n) is 1.88. The summed E-state index contributed by atoms with van der Waals surface area (Å²) in [6, 6.07) is 0.709. The van der Waals surface area contributed by atoms with E-state index in [2.05, 4.69) is 19.2 Å². The zero-order chi connectivity index (χ0) is 8.81. The lowest BCUT2D eigenvalue weighted by atomic mass is 10.0. The smallest absolute Gasteiger partial charge is 0.0589 e. The second kappa shape index (κ2) is 5.55. The maximum Gasteiger partial charge on any atom is 0.0589 e. The van der Waals surface area contributed by atoms with E-state index in [1.54, 1.807) is 0 Å². The van der Waals surface area contributed by atoms with Crippen molar-refractivity contribution in [1.29, 1.82) is 0 Å². The molecule has 72 valence electrons. The third-order valence-corrected chi connectivity index (χ3v) is 2.47. The Balaban J connectivity index is 2.20. The lowest BCUT2D eigenvalue weighted by molar-refractivity contribution is -0.00281. The number of hydrogen-bond acceptors (Lipinski definition) is 2. The summed E-state index contributed by atoms with van der Waals surface area (Å²) in [7, 11) is 0. The van der Waals surface area contributed by atoms with Crippen molar-refractivity contribution in [3.8, 4) is 0 Å². The Morgan fingerprint density at radius 3 is 2.92 bits per heavy atom. The molecule has 0 aromatic carbocycles. The first-order valence-electron chi connectivity index (χ1n) is 5.21. The first-order valence-corrected chi connectivity index (χ1v) is 5.21. The van der Waals surface area contributed by atoms with Gasteiger partial charge in [-0.05, 0) is 25.8 Å². The van der Waals surface area contributed by atoms with Gasteiger partial charge in [0.1, 0.15) is 0 Å². The van der Waals surface area contributed by atoms with Gasteiger partial charge in [0.15, 0.2) is 0 Å². The largest absolute Gasteiger partial charge is 0.378 e. The highest BCUT2D eigenvalue weighted by Crippen LogP contribution is 2.17. The van der Waals surface area contributed by atoms with Crippen molar-refractivity contribution in [1.82, 2.24) is 5.32 Å². The minimum Gasteiger partial charge on any atom is -0.378 e. The molecule has 1 saturated heterocycles. The normalized spacial score (nSPS) is 30.5. The van der Waals surface area contributed by atoms with Crippen LogP contribution in [0, 0.1) is 0 Å². The summed E-state index contributed by atoms with van der Waals surface area (Å²) >= 11 is 0. The van der Waals surface area contributed by atoms with Gasteiger partial charge in [0, 0.05) is 12.6 Å². The van der Waals surface area contributed by atoms with Gasteiger partial charge >= 0.3 is 0 Å². The molecule has 1 heterocycles. The molecular formula is C10H21NO. The van der Waals surface area contributed by atoms with Gasteiger partial charge in [-0.1, -0.05) is 20.3 Å². The van der Waals surface area contributed by atoms with E-state index in [0.29, 0.717) is 12.1 Å². The van der Waals surface area contributed by atoms with Crippen LogP contribution < -0.4 is 5.32 Å². The molecular weight excluding hydrogens is 150 g/mol. The molecule has 0 spiro atoms. The molecule has 0 saturated carbocycles. The summed E-state index contributed by atoms with van der Waals surface area (Å²) in [5.41, 5.74) is 0. The minimum absolute atomic E-state index is 0.521. The standard InChI is InChI=1S/C10H21NO/c1-3-5-10-8-9(11-4-2)6-7-12-10/h9-11H,3-8H2,1-2H3. The Morgan fingerprint density at radius 2 is 2.25 bits per heavy atom. The average Bonchev–Trinajstić information content (AvgIpc) is 2.06. The van der Waals surface area contributed by atoms with E-state index < -0.39 is 0 Å². The van der Waals surface area contributed by atoms with Crippen molar-refractivity contribution >= 4 is 0 Å². The summed E-state index contributed by atoms with van der Waals surface area (Å²) in [5.74, 6) is 0. The summed E-state index contributed by atoms with van der Waals surface area (Å²) in [6.07, 6.45) is 5.38. The molecule has 0 bridgehead atoms. The highest BCUT2D eigenvalue weighted by Gasteiger charge is 2.20. The van der Waals surface area contributed by atoms with Crippen LogP contribution in [0.2, 0.25) is 0 Å². The van der Waals surface area contributed by atoms with Gasteiger partial charge in [0.2, 0.25) is 0 Å². The highest BCUT2D eigenvalue weighted by atomic mass is 16.5. The molecule has 2 atom stereocenters. The van der Waals surface area contributed by atoms with E-state index in [1.807, 2.05) is 0 Å². The molecule has 2 nitrogen and oxygen atoms in total. The average molecular weight is 171 g/mol. The first kappa shape index (κ1) is 10.0. The van der Waals surface area contributed by atoms with Crippen molar-refractivity contribution in [2.24, 2.45) is 0 Å². The maximum atomic E-state index is 5.65. The predicted molar refractivity (Wildman–Crippen MR) is 51.3 cm³/mol. The molecule has 1 N–H and O–H groups in total. The third-order valence-electron chi connectivity index (χ3n) is 2.47. The Labute approximate surface area is 75.7 Å². The summed E-state index contributed by atoms with van der Waals surface area (Å²) in [5, 5.41) is 3.49. The van der Waals surface area contributed by atoms with Crippen LogP contribution in [-0.2, 0) is 4.74 Å². The zero-order valence-corrected chi connectivity index (χ0v) is 8.31. The summed E-state index contributed by atoms with van der Waals surface area (Å²) in [4.78, 5) is 0. The Kier molecular flexibility index (Phi) is 4.62. The fourth-order valence-corrected chi connectivity index (χ4v) is 1.88. The SMILES string of the molecule is CCCC1CC(NCC)CCO1. The van der Waals surface area contributed by atoms with E-state index in [0.717, 1.165) is 13.2 Å². The van der Waals surface area contributed by atoms with E-state index in [-0.39, 0.29) is 0 Å². The van der Waals surface area contributed by atoms with Crippen molar-refractivity contribution < 1.29 is 4.74 Å². The quantitative estimate of drug-likeness (QED) is 0.698. The fraction of sp³-hybridized carbons (Fsp3) is 1.00. The lowest BCUT2D eigenvalue weighted by Gasteiger charge is -2.29. The second-order valence-corrected chi connectivity index (χ2v) is 3.56. The van der Waals surface area contributed by atoms with Crippen molar-refractivity contribution in [2.75, 3.05) is 13.2 Å². The Bertz CT molecular complexity index is 100. The zero-order valence-electron chi connectivity index (χ0n) is 8.31. The van der Waals surface area contributed by atoms with E-state index >= 15 is 0 Å². The Hall–Kier alpha value is -0.0800. The van der Waals surface area contributed by atoms with E-state index in [4.69, 9.17) is 4.74 Å². The number of hydrogen-bond donors (Lipinski definition) is 1. The van der Waals surface area contributed by atoms with Crippen molar-refractivity contribution in [2.45, 2.75) is 51.7 Å². The number of rotatable bonds is 4. The van der Waals surface area contributed by atoms with Crippen LogP contribution in [0.5, 0.6) is 0 Å². The topological polar surface area (TPSA) is 21.3 Å². The van der Waals surface area contributed by atoms with Gasteiger partial charge in [0.05, 0.1) is 6.10 Å². The summed E-state index contributed by atoms with van der Waals surface area (Å²) < 4.78 is 5.65. The van der Waals surface area contributed by atoms with Gasteiger partial charge < -0.3 is 10.1 Å². The first-order chi connectivity index (χ1) is 5.86. The molecule has 2 unspecified atom stereocenters. The lowest BCUT2D eigenvalue weighted by Crippen LogP contribution is -2.38. The van der Waals surface area contributed by atoms with Gasteiger partial charge in [-0.3, -0.25) is 0 Å². The van der Waals surface area contributed by atoms with E-state index in [9.17, 15) is 0 Å². The van der Waals surface area contributed by atoms with Crippen LogP contribution in [0.3, 0.4) is 0 Å².